The number of aliphatic imine (C=N–C) groups is 1. The number of ether oxygens (including phenoxy) is 1. The summed E-state index contributed by atoms with van der Waals surface area (Å²) in [5.74, 6) is 0.786. The van der Waals surface area contributed by atoms with Crippen molar-refractivity contribution in [2.24, 2.45) is 4.99 Å². The normalized spacial score (nSPS) is 19.8. The smallest absolute Gasteiger partial charge is 0.306 e. The van der Waals surface area contributed by atoms with Crippen LogP contribution in [0.25, 0.3) is 0 Å². The van der Waals surface area contributed by atoms with E-state index in [0.717, 1.165) is 44.9 Å². The van der Waals surface area contributed by atoms with Crippen molar-refractivity contribution in [2.75, 3.05) is 39.3 Å². The molecule has 0 unspecified atom stereocenters. The Labute approximate surface area is 152 Å². The van der Waals surface area contributed by atoms with Gasteiger partial charge in [-0.15, -0.1) is 0 Å². The van der Waals surface area contributed by atoms with Crippen LogP contribution in [0.1, 0.15) is 64.7 Å². The van der Waals surface area contributed by atoms with Gasteiger partial charge in [-0.3, -0.25) is 9.79 Å². The molecule has 0 aromatic rings. The zero-order valence-corrected chi connectivity index (χ0v) is 15.9. The van der Waals surface area contributed by atoms with Crippen LogP contribution in [-0.2, 0) is 9.53 Å². The fraction of sp³-hybridized carbons (Fsp3) is 0.895. The highest BCUT2D eigenvalue weighted by Crippen LogP contribution is 2.21. The summed E-state index contributed by atoms with van der Waals surface area (Å²) in [6.07, 6.45) is 9.86. The Hall–Kier alpha value is -1.30. The number of carbonyl (C=O) groups excluding carboxylic acids is 1. The average Bonchev–Trinajstić information content (AvgIpc) is 3.12. The van der Waals surface area contributed by atoms with Gasteiger partial charge in [0.25, 0.3) is 0 Å². The van der Waals surface area contributed by atoms with Crippen LogP contribution in [-0.4, -0.2) is 62.2 Å². The van der Waals surface area contributed by atoms with Crippen LogP contribution in [0.15, 0.2) is 4.99 Å². The molecule has 0 aromatic carbocycles. The number of likely N-dealkylation sites (tertiary alicyclic amines) is 1. The van der Waals surface area contributed by atoms with E-state index in [1.54, 1.807) is 0 Å². The lowest BCUT2D eigenvalue weighted by Gasteiger charge is -2.26. The van der Waals surface area contributed by atoms with Crippen LogP contribution in [0.2, 0.25) is 0 Å². The molecule has 1 aliphatic heterocycles. The molecular formula is C19H36N4O2. The van der Waals surface area contributed by atoms with Gasteiger partial charge >= 0.3 is 5.97 Å². The van der Waals surface area contributed by atoms with Crippen molar-refractivity contribution in [3.63, 3.8) is 0 Å². The predicted molar refractivity (Wildman–Crippen MR) is 102 cm³/mol. The van der Waals surface area contributed by atoms with Gasteiger partial charge in [0.1, 0.15) is 6.10 Å². The molecule has 1 saturated carbocycles. The Balaban J connectivity index is 1.58. The van der Waals surface area contributed by atoms with E-state index in [2.05, 4.69) is 27.4 Å². The minimum absolute atomic E-state index is 0.0647. The monoisotopic (exact) mass is 352 g/mol. The Kier molecular flexibility index (Phi) is 9.70. The third-order valence-electron chi connectivity index (χ3n) is 4.92. The fourth-order valence-corrected chi connectivity index (χ4v) is 3.52. The number of nitrogens with zero attached hydrogens (tertiary/aromatic N) is 2. The summed E-state index contributed by atoms with van der Waals surface area (Å²) >= 11 is 0. The van der Waals surface area contributed by atoms with E-state index < -0.39 is 0 Å². The quantitative estimate of drug-likeness (QED) is 0.288. The van der Waals surface area contributed by atoms with Crippen LogP contribution in [0.3, 0.4) is 0 Å². The first-order chi connectivity index (χ1) is 12.3. The van der Waals surface area contributed by atoms with Crippen LogP contribution in [0.5, 0.6) is 0 Å². The standard InChI is InChI=1S/C19H36N4O2/c1-2-20-19(22-13-16-23-14-6-3-7-15-23)21-12-8-11-18(24)25-17-9-4-5-10-17/h17H,2-16H2,1H3,(H2,20,21,22). The van der Waals surface area contributed by atoms with Gasteiger partial charge in [0.2, 0.25) is 0 Å². The summed E-state index contributed by atoms with van der Waals surface area (Å²) in [4.78, 5) is 18.9. The molecule has 0 aromatic heterocycles. The number of rotatable bonds is 9. The van der Waals surface area contributed by atoms with Crippen LogP contribution >= 0.6 is 0 Å². The third kappa shape index (κ3) is 8.56. The second-order valence-corrected chi connectivity index (χ2v) is 7.09. The summed E-state index contributed by atoms with van der Waals surface area (Å²) in [5, 5.41) is 6.67. The number of piperidine rings is 1. The van der Waals surface area contributed by atoms with E-state index in [-0.39, 0.29) is 12.1 Å². The maximum absolute atomic E-state index is 11.8. The lowest BCUT2D eigenvalue weighted by atomic mass is 10.1. The zero-order chi connectivity index (χ0) is 17.7. The second kappa shape index (κ2) is 12.1. The maximum Gasteiger partial charge on any atom is 0.306 e. The zero-order valence-electron chi connectivity index (χ0n) is 15.9. The largest absolute Gasteiger partial charge is 0.462 e. The number of esters is 1. The van der Waals surface area contributed by atoms with Crippen molar-refractivity contribution in [1.82, 2.24) is 15.5 Å². The number of guanidine groups is 1. The molecule has 1 saturated heterocycles. The van der Waals surface area contributed by atoms with Gasteiger partial charge in [-0.25, -0.2) is 0 Å². The predicted octanol–water partition coefficient (Wildman–Crippen LogP) is 2.29. The number of nitrogens with one attached hydrogen (secondary N) is 2. The van der Waals surface area contributed by atoms with Gasteiger partial charge in [0, 0.05) is 32.6 Å². The van der Waals surface area contributed by atoms with Crippen molar-refractivity contribution in [2.45, 2.75) is 70.8 Å². The number of hydrogen-bond donors (Lipinski definition) is 2. The van der Waals surface area contributed by atoms with Crippen molar-refractivity contribution in [3.8, 4) is 0 Å². The van der Waals surface area contributed by atoms with Gasteiger partial charge in [-0.05, 0) is 65.0 Å². The molecule has 1 aliphatic carbocycles. The minimum atomic E-state index is -0.0647. The van der Waals surface area contributed by atoms with E-state index >= 15 is 0 Å². The highest BCUT2D eigenvalue weighted by atomic mass is 16.5. The summed E-state index contributed by atoms with van der Waals surface area (Å²) in [7, 11) is 0. The first-order valence-electron chi connectivity index (χ1n) is 10.2. The SMILES string of the molecule is CCNC(=NCCCC(=O)OC1CCCC1)NCCN1CCCCC1. The molecule has 0 atom stereocenters. The van der Waals surface area contributed by atoms with Crippen molar-refractivity contribution < 1.29 is 9.53 Å². The van der Waals surface area contributed by atoms with Gasteiger partial charge < -0.3 is 20.3 Å². The Morgan fingerprint density at radius 1 is 1.12 bits per heavy atom. The molecule has 0 amide bonds. The van der Waals surface area contributed by atoms with E-state index in [1.807, 2.05) is 0 Å². The maximum atomic E-state index is 11.8. The molecule has 25 heavy (non-hydrogen) atoms. The highest BCUT2D eigenvalue weighted by Gasteiger charge is 2.18. The topological polar surface area (TPSA) is 66.0 Å². The summed E-state index contributed by atoms with van der Waals surface area (Å²) in [6.45, 7) is 7.99. The summed E-state index contributed by atoms with van der Waals surface area (Å²) in [6, 6.07) is 0. The highest BCUT2D eigenvalue weighted by molar-refractivity contribution is 5.79. The van der Waals surface area contributed by atoms with E-state index in [0.29, 0.717) is 13.0 Å². The fourth-order valence-electron chi connectivity index (χ4n) is 3.52. The van der Waals surface area contributed by atoms with Crippen LogP contribution < -0.4 is 10.6 Å². The average molecular weight is 353 g/mol. The van der Waals surface area contributed by atoms with E-state index in [9.17, 15) is 4.79 Å². The number of hydrogen-bond acceptors (Lipinski definition) is 4. The molecule has 1 heterocycles. The molecule has 144 valence electrons. The molecule has 2 N–H and O–H groups in total. The molecule has 6 nitrogen and oxygen atoms in total. The molecule has 2 aliphatic rings. The van der Waals surface area contributed by atoms with E-state index in [4.69, 9.17) is 4.74 Å². The summed E-state index contributed by atoms with van der Waals surface area (Å²) in [5.41, 5.74) is 0. The Morgan fingerprint density at radius 3 is 2.60 bits per heavy atom. The Bertz CT molecular complexity index is 402. The molecule has 2 fully saturated rings. The molecule has 6 heteroatoms. The van der Waals surface area contributed by atoms with Crippen LogP contribution in [0, 0.1) is 0 Å². The lowest BCUT2D eigenvalue weighted by Crippen LogP contribution is -2.42. The first-order valence-corrected chi connectivity index (χ1v) is 10.2. The van der Waals surface area contributed by atoms with Gasteiger partial charge in [0.05, 0.1) is 0 Å². The van der Waals surface area contributed by atoms with Crippen LogP contribution in [0.4, 0.5) is 0 Å². The lowest BCUT2D eigenvalue weighted by molar-refractivity contribution is -0.148. The van der Waals surface area contributed by atoms with Crippen molar-refractivity contribution in [1.29, 1.82) is 0 Å². The molecule has 0 spiro atoms. The summed E-state index contributed by atoms with van der Waals surface area (Å²) < 4.78 is 5.47. The van der Waals surface area contributed by atoms with Crippen molar-refractivity contribution in [3.05, 3.63) is 0 Å². The van der Waals surface area contributed by atoms with Gasteiger partial charge in [-0.2, -0.15) is 0 Å². The molecule has 2 rings (SSSR count). The van der Waals surface area contributed by atoms with Crippen molar-refractivity contribution >= 4 is 11.9 Å². The number of carbonyl (C=O) groups is 1. The van der Waals surface area contributed by atoms with Gasteiger partial charge in [0.15, 0.2) is 5.96 Å². The molecule has 0 bridgehead atoms. The first kappa shape index (κ1) is 20.0. The Morgan fingerprint density at radius 2 is 1.88 bits per heavy atom. The third-order valence-corrected chi connectivity index (χ3v) is 4.92. The molecule has 0 radical (unpaired) electrons. The van der Waals surface area contributed by atoms with Gasteiger partial charge in [-0.1, -0.05) is 6.42 Å². The second-order valence-electron chi connectivity index (χ2n) is 7.09. The minimum Gasteiger partial charge on any atom is -0.462 e. The van der Waals surface area contributed by atoms with E-state index in [1.165, 1.54) is 45.2 Å². The molecular weight excluding hydrogens is 316 g/mol.